The van der Waals surface area contributed by atoms with E-state index in [0.717, 1.165) is 24.9 Å². The number of anilines is 2. The van der Waals surface area contributed by atoms with Crippen LogP contribution in [0.3, 0.4) is 0 Å². The normalized spacial score (nSPS) is 17.1. The van der Waals surface area contributed by atoms with E-state index in [9.17, 15) is 9.59 Å². The van der Waals surface area contributed by atoms with Gasteiger partial charge in [-0.2, -0.15) is 0 Å². The largest absolute Gasteiger partial charge is 0.336 e. The van der Waals surface area contributed by atoms with E-state index in [1.165, 1.54) is 30.6 Å². The Hall–Kier alpha value is -2.88. The Kier molecular flexibility index (Phi) is 7.23. The third-order valence-electron chi connectivity index (χ3n) is 5.47. The van der Waals surface area contributed by atoms with Gasteiger partial charge in [-0.1, -0.05) is 88.4 Å². The van der Waals surface area contributed by atoms with E-state index >= 15 is 0 Å². The quantitative estimate of drug-likeness (QED) is 0.370. The molecule has 2 aromatic carbocycles. The van der Waals surface area contributed by atoms with Crippen LogP contribution in [-0.4, -0.2) is 18.0 Å². The van der Waals surface area contributed by atoms with Gasteiger partial charge in [0.1, 0.15) is 0 Å². The molecule has 1 aliphatic heterocycles. The second-order valence-corrected chi connectivity index (χ2v) is 7.56. The highest BCUT2D eigenvalue weighted by Gasteiger charge is 2.42. The number of nitrogens with zero attached hydrogens (tertiary/aromatic N) is 2. The maximum atomic E-state index is 13.5. The maximum absolute atomic E-state index is 13.5. The van der Waals surface area contributed by atoms with Gasteiger partial charge in [0.15, 0.2) is 0 Å². The van der Waals surface area contributed by atoms with E-state index in [-0.39, 0.29) is 18.0 Å². The first-order valence-electron chi connectivity index (χ1n) is 10.6. The summed E-state index contributed by atoms with van der Waals surface area (Å²) in [6, 6.07) is 18.1. The summed E-state index contributed by atoms with van der Waals surface area (Å²) in [5, 5.41) is 0. The van der Waals surface area contributed by atoms with Crippen molar-refractivity contribution in [3.05, 3.63) is 72.8 Å². The molecule has 0 N–H and O–H groups in total. The van der Waals surface area contributed by atoms with Gasteiger partial charge in [-0.3, -0.25) is 9.69 Å². The summed E-state index contributed by atoms with van der Waals surface area (Å²) in [4.78, 5) is 29.5. The standard InChI is InChI=1S/C25H30N2O2/c1-3-4-5-6-7-14-19-23-20(2)24(28)27(22-17-12-9-13-18-22)25(29)26(23)21-15-10-8-11-16-21/h8-13,15-18,23H,2-7,14,19H2,1H3. The highest BCUT2D eigenvalue weighted by atomic mass is 16.2. The van der Waals surface area contributed by atoms with Gasteiger partial charge in [-0.15, -0.1) is 0 Å². The molecule has 4 heteroatoms. The molecule has 1 atom stereocenters. The van der Waals surface area contributed by atoms with Gasteiger partial charge in [0.2, 0.25) is 0 Å². The Bertz CT molecular complexity index is 832. The molecule has 1 saturated heterocycles. The van der Waals surface area contributed by atoms with Gasteiger partial charge in [-0.25, -0.2) is 9.69 Å². The molecule has 0 bridgehead atoms. The van der Waals surface area contributed by atoms with Gasteiger partial charge in [0.25, 0.3) is 5.91 Å². The Morgan fingerprint density at radius 2 is 1.34 bits per heavy atom. The number of hydrogen-bond acceptors (Lipinski definition) is 2. The fourth-order valence-corrected chi connectivity index (χ4v) is 3.87. The molecule has 0 saturated carbocycles. The number of carbonyl (C=O) groups excluding carboxylic acids is 2. The molecular formula is C25H30N2O2. The molecule has 29 heavy (non-hydrogen) atoms. The van der Waals surface area contributed by atoms with Crippen LogP contribution in [0, 0.1) is 0 Å². The fourth-order valence-electron chi connectivity index (χ4n) is 3.87. The van der Waals surface area contributed by atoms with Crippen LogP contribution in [0.5, 0.6) is 0 Å². The van der Waals surface area contributed by atoms with Crippen molar-refractivity contribution in [1.29, 1.82) is 0 Å². The van der Waals surface area contributed by atoms with E-state index < -0.39 is 0 Å². The van der Waals surface area contributed by atoms with Crippen LogP contribution in [0.25, 0.3) is 0 Å². The average Bonchev–Trinajstić information content (AvgIpc) is 2.75. The van der Waals surface area contributed by atoms with Gasteiger partial charge >= 0.3 is 6.03 Å². The Morgan fingerprint density at radius 3 is 1.97 bits per heavy atom. The topological polar surface area (TPSA) is 40.6 Å². The molecule has 0 spiro atoms. The van der Waals surface area contributed by atoms with Crippen LogP contribution in [0.15, 0.2) is 72.8 Å². The first kappa shape index (κ1) is 20.8. The number of carbonyl (C=O) groups is 2. The third-order valence-corrected chi connectivity index (χ3v) is 5.47. The minimum atomic E-state index is -0.309. The SMILES string of the molecule is C=C1C(=O)N(c2ccccc2)C(=O)N(c2ccccc2)C1CCCCCCCC. The van der Waals surface area contributed by atoms with Gasteiger partial charge < -0.3 is 0 Å². The second kappa shape index (κ2) is 10.1. The van der Waals surface area contributed by atoms with Crippen LogP contribution >= 0.6 is 0 Å². The summed E-state index contributed by atoms with van der Waals surface area (Å²) in [5.41, 5.74) is 1.84. The number of amides is 3. The lowest BCUT2D eigenvalue weighted by atomic mass is 9.95. The molecule has 1 aliphatic rings. The van der Waals surface area contributed by atoms with E-state index in [2.05, 4.69) is 13.5 Å². The highest BCUT2D eigenvalue weighted by molar-refractivity contribution is 6.27. The molecule has 0 radical (unpaired) electrons. The molecule has 1 fully saturated rings. The lowest BCUT2D eigenvalue weighted by molar-refractivity contribution is -0.115. The smallest absolute Gasteiger partial charge is 0.286 e. The second-order valence-electron chi connectivity index (χ2n) is 7.56. The third kappa shape index (κ3) is 4.76. The zero-order valence-corrected chi connectivity index (χ0v) is 17.2. The fraction of sp³-hybridized carbons (Fsp3) is 0.360. The van der Waals surface area contributed by atoms with Crippen LogP contribution in [0.4, 0.5) is 16.2 Å². The Morgan fingerprint density at radius 1 is 0.793 bits per heavy atom. The molecule has 3 amide bonds. The zero-order chi connectivity index (χ0) is 20.6. The molecule has 1 unspecified atom stereocenters. The van der Waals surface area contributed by atoms with Crippen molar-refractivity contribution >= 4 is 23.3 Å². The molecule has 152 valence electrons. The van der Waals surface area contributed by atoms with Gasteiger partial charge in [0, 0.05) is 11.3 Å². The first-order chi connectivity index (χ1) is 14.1. The monoisotopic (exact) mass is 390 g/mol. The summed E-state index contributed by atoms with van der Waals surface area (Å²) in [5.74, 6) is -0.302. The Labute approximate surface area is 173 Å². The van der Waals surface area contributed by atoms with E-state index in [1.807, 2.05) is 48.5 Å². The zero-order valence-electron chi connectivity index (χ0n) is 17.2. The number of imide groups is 1. The van der Waals surface area contributed by atoms with E-state index in [4.69, 9.17) is 0 Å². The number of urea groups is 1. The number of unbranched alkanes of at least 4 members (excludes halogenated alkanes) is 5. The maximum Gasteiger partial charge on any atom is 0.336 e. The molecular weight excluding hydrogens is 360 g/mol. The van der Waals surface area contributed by atoms with E-state index in [1.54, 1.807) is 17.0 Å². The van der Waals surface area contributed by atoms with Crippen molar-refractivity contribution in [3.63, 3.8) is 0 Å². The molecule has 2 aromatic rings. The number of benzene rings is 2. The summed E-state index contributed by atoms with van der Waals surface area (Å²) in [6.07, 6.45) is 7.75. The number of rotatable bonds is 9. The van der Waals surface area contributed by atoms with Crippen molar-refractivity contribution in [3.8, 4) is 0 Å². The lowest BCUT2D eigenvalue weighted by Gasteiger charge is -2.41. The van der Waals surface area contributed by atoms with Crippen LogP contribution in [0.2, 0.25) is 0 Å². The molecule has 1 heterocycles. The summed E-state index contributed by atoms with van der Waals surface area (Å²) >= 11 is 0. The summed E-state index contributed by atoms with van der Waals surface area (Å²) < 4.78 is 0. The van der Waals surface area contributed by atoms with Crippen LogP contribution in [0.1, 0.15) is 51.9 Å². The van der Waals surface area contributed by atoms with Gasteiger partial charge in [-0.05, 0) is 30.7 Å². The van der Waals surface area contributed by atoms with Crippen molar-refractivity contribution in [2.24, 2.45) is 0 Å². The highest BCUT2D eigenvalue weighted by Crippen LogP contribution is 2.33. The number of para-hydroxylation sites is 2. The van der Waals surface area contributed by atoms with Crippen molar-refractivity contribution in [1.82, 2.24) is 0 Å². The molecule has 3 rings (SSSR count). The first-order valence-corrected chi connectivity index (χ1v) is 10.6. The summed E-state index contributed by atoms with van der Waals surface area (Å²) in [6.45, 7) is 6.31. The molecule has 0 aliphatic carbocycles. The predicted octanol–water partition coefficient (Wildman–Crippen LogP) is 6.34. The summed E-state index contributed by atoms with van der Waals surface area (Å²) in [7, 11) is 0. The predicted molar refractivity (Wildman–Crippen MR) is 119 cm³/mol. The van der Waals surface area contributed by atoms with Gasteiger partial charge in [0.05, 0.1) is 11.7 Å². The van der Waals surface area contributed by atoms with Crippen molar-refractivity contribution < 1.29 is 9.59 Å². The lowest BCUT2D eigenvalue weighted by Crippen LogP contribution is -2.58. The van der Waals surface area contributed by atoms with Crippen molar-refractivity contribution in [2.75, 3.05) is 9.80 Å². The molecule has 4 nitrogen and oxygen atoms in total. The Balaban J connectivity index is 1.84. The number of hydrogen-bond donors (Lipinski definition) is 0. The van der Waals surface area contributed by atoms with E-state index in [0.29, 0.717) is 11.3 Å². The van der Waals surface area contributed by atoms with Crippen molar-refractivity contribution in [2.45, 2.75) is 57.9 Å². The minimum absolute atomic E-state index is 0.302. The minimum Gasteiger partial charge on any atom is -0.286 e. The molecule has 0 aromatic heterocycles. The van der Waals surface area contributed by atoms with Crippen LogP contribution < -0.4 is 9.80 Å². The van der Waals surface area contributed by atoms with Crippen LogP contribution in [-0.2, 0) is 4.79 Å². The average molecular weight is 391 g/mol.